The zero-order chi connectivity index (χ0) is 20.5. The summed E-state index contributed by atoms with van der Waals surface area (Å²) in [5.41, 5.74) is 1.72. The summed E-state index contributed by atoms with van der Waals surface area (Å²) >= 11 is 0. The van der Waals surface area contributed by atoms with Crippen molar-refractivity contribution in [1.29, 1.82) is 0 Å². The van der Waals surface area contributed by atoms with Gasteiger partial charge in [0.25, 0.3) is 0 Å². The molecule has 1 aromatic carbocycles. The molecule has 1 aromatic rings. The van der Waals surface area contributed by atoms with Crippen LogP contribution in [0.15, 0.2) is 30.1 Å². The number of allylic oxidation sites excluding steroid dienone is 1. The van der Waals surface area contributed by atoms with Crippen LogP contribution in [0.2, 0.25) is 0 Å². The Morgan fingerprint density at radius 1 is 1.36 bits per heavy atom. The van der Waals surface area contributed by atoms with Crippen molar-refractivity contribution < 1.29 is 17.6 Å². The first-order valence-electron chi connectivity index (χ1n) is 9.51. The maximum absolute atomic E-state index is 14.0. The third-order valence-corrected chi connectivity index (χ3v) is 6.60. The molecule has 0 spiro atoms. The number of carbonyl (C=O) groups is 1. The van der Waals surface area contributed by atoms with E-state index in [4.69, 9.17) is 0 Å². The molecule has 1 heterocycles. The number of carbonyl (C=O) groups excluding carboxylic acids is 1. The van der Waals surface area contributed by atoms with Gasteiger partial charge in [-0.2, -0.15) is 0 Å². The highest BCUT2D eigenvalue weighted by Gasteiger charge is 2.36. The Kier molecular flexibility index (Phi) is 5.83. The fourth-order valence-electron chi connectivity index (χ4n) is 4.03. The van der Waals surface area contributed by atoms with E-state index in [1.54, 1.807) is 20.2 Å². The van der Waals surface area contributed by atoms with Crippen molar-refractivity contribution in [1.82, 2.24) is 15.5 Å². The molecular weight excluding hydrogens is 383 g/mol. The molecule has 0 saturated heterocycles. The number of sulfonamides is 1. The quantitative estimate of drug-likeness (QED) is 0.782. The third-order valence-electron chi connectivity index (χ3n) is 5.35. The van der Waals surface area contributed by atoms with Crippen LogP contribution in [-0.2, 0) is 10.0 Å². The second-order valence-corrected chi connectivity index (χ2v) is 9.11. The molecule has 1 aliphatic heterocycles. The summed E-state index contributed by atoms with van der Waals surface area (Å²) in [6.45, 7) is 1.85. The third kappa shape index (κ3) is 3.94. The van der Waals surface area contributed by atoms with E-state index in [-0.39, 0.29) is 18.3 Å². The van der Waals surface area contributed by atoms with Crippen molar-refractivity contribution in [3.63, 3.8) is 0 Å². The fraction of sp³-hybridized carbons (Fsp3) is 0.526. The Labute approximate surface area is 165 Å². The Morgan fingerprint density at radius 2 is 2.04 bits per heavy atom. The molecule has 2 N–H and O–H groups in total. The Hall–Kier alpha value is -2.29. The van der Waals surface area contributed by atoms with E-state index in [2.05, 4.69) is 10.6 Å². The highest BCUT2D eigenvalue weighted by Crippen LogP contribution is 2.39. The highest BCUT2D eigenvalue weighted by molar-refractivity contribution is 7.92. The second kappa shape index (κ2) is 7.98. The number of rotatable bonds is 5. The summed E-state index contributed by atoms with van der Waals surface area (Å²) < 4.78 is 39.7. The minimum absolute atomic E-state index is 0.158. The topological polar surface area (TPSA) is 81.8 Å². The standard InChI is InChI=1S/C19H27FN4O3S/c1-4-24(28(3,26)27)17-11-14(20)9-10-15(17)18-22-16(13-7-5-6-8-13)12-23(18)19(25)21-2/h9-13,18,22H,4-8H2,1-3H3,(H,21,25). The highest BCUT2D eigenvalue weighted by atomic mass is 32.2. The van der Waals surface area contributed by atoms with Crippen molar-refractivity contribution in [2.45, 2.75) is 38.8 Å². The predicted octanol–water partition coefficient (Wildman–Crippen LogP) is 2.89. The Morgan fingerprint density at radius 3 is 2.61 bits per heavy atom. The van der Waals surface area contributed by atoms with E-state index in [9.17, 15) is 17.6 Å². The van der Waals surface area contributed by atoms with E-state index in [0.717, 1.165) is 41.9 Å². The van der Waals surface area contributed by atoms with Crippen LogP contribution in [0.25, 0.3) is 0 Å². The van der Waals surface area contributed by atoms with Gasteiger partial charge in [-0.1, -0.05) is 18.9 Å². The van der Waals surface area contributed by atoms with Crippen molar-refractivity contribution in [3.8, 4) is 0 Å². The number of halogens is 1. The van der Waals surface area contributed by atoms with Crippen LogP contribution < -0.4 is 14.9 Å². The molecule has 154 valence electrons. The maximum Gasteiger partial charge on any atom is 0.323 e. The molecule has 0 bridgehead atoms. The minimum Gasteiger partial charge on any atom is -0.363 e. The molecule has 2 amide bonds. The Bertz CT molecular complexity index is 881. The average Bonchev–Trinajstić information content (AvgIpc) is 3.30. The summed E-state index contributed by atoms with van der Waals surface area (Å²) in [7, 11) is -2.06. The van der Waals surface area contributed by atoms with Crippen LogP contribution in [0, 0.1) is 11.7 Å². The molecule has 1 atom stereocenters. The molecule has 7 nitrogen and oxygen atoms in total. The van der Waals surface area contributed by atoms with E-state index >= 15 is 0 Å². The number of nitrogens with one attached hydrogen (secondary N) is 2. The number of hydrogen-bond acceptors (Lipinski definition) is 4. The van der Waals surface area contributed by atoms with Crippen LogP contribution >= 0.6 is 0 Å². The lowest BCUT2D eigenvalue weighted by molar-refractivity contribution is 0.203. The van der Waals surface area contributed by atoms with Gasteiger partial charge in [0, 0.05) is 37.0 Å². The van der Waals surface area contributed by atoms with Gasteiger partial charge in [-0.15, -0.1) is 0 Å². The predicted molar refractivity (Wildman–Crippen MR) is 106 cm³/mol. The van der Waals surface area contributed by atoms with Gasteiger partial charge in [0.05, 0.1) is 11.9 Å². The van der Waals surface area contributed by atoms with E-state index in [1.165, 1.54) is 23.1 Å². The summed E-state index contributed by atoms with van der Waals surface area (Å²) in [5.74, 6) is -0.187. The Balaban J connectivity index is 2.05. The molecule has 1 saturated carbocycles. The lowest BCUT2D eigenvalue weighted by Crippen LogP contribution is -2.40. The van der Waals surface area contributed by atoms with Crippen LogP contribution in [0.5, 0.6) is 0 Å². The van der Waals surface area contributed by atoms with Gasteiger partial charge in [-0.05, 0) is 31.9 Å². The molecule has 1 aliphatic carbocycles. The average molecular weight is 411 g/mol. The number of anilines is 1. The summed E-state index contributed by atoms with van der Waals surface area (Å²) in [4.78, 5) is 14.0. The number of urea groups is 1. The van der Waals surface area contributed by atoms with Gasteiger partial charge < -0.3 is 10.6 Å². The first-order chi connectivity index (χ1) is 13.3. The SMILES string of the molecule is CCN(c1cc(F)ccc1C1NC(C2CCCC2)=CN1C(=O)NC)S(C)(=O)=O. The molecule has 0 aromatic heterocycles. The minimum atomic E-state index is -3.61. The normalized spacial score (nSPS) is 20.1. The number of hydrogen-bond donors (Lipinski definition) is 2. The van der Waals surface area contributed by atoms with Crippen molar-refractivity contribution in [2.75, 3.05) is 24.2 Å². The van der Waals surface area contributed by atoms with Crippen LogP contribution in [0.3, 0.4) is 0 Å². The zero-order valence-corrected chi connectivity index (χ0v) is 17.2. The van der Waals surface area contributed by atoms with Crippen LogP contribution in [0.1, 0.15) is 44.3 Å². The molecule has 9 heteroatoms. The van der Waals surface area contributed by atoms with Gasteiger partial charge in [0.2, 0.25) is 10.0 Å². The van der Waals surface area contributed by atoms with E-state index in [0.29, 0.717) is 11.5 Å². The summed E-state index contributed by atoms with van der Waals surface area (Å²) in [6, 6.07) is 3.71. The van der Waals surface area contributed by atoms with E-state index < -0.39 is 22.0 Å². The van der Waals surface area contributed by atoms with Crippen molar-refractivity contribution in [3.05, 3.63) is 41.5 Å². The van der Waals surface area contributed by atoms with Gasteiger partial charge in [0.1, 0.15) is 12.0 Å². The van der Waals surface area contributed by atoms with Crippen molar-refractivity contribution >= 4 is 21.7 Å². The molecule has 2 aliphatic rings. The van der Waals surface area contributed by atoms with Gasteiger partial charge >= 0.3 is 6.03 Å². The lowest BCUT2D eigenvalue weighted by atomic mass is 10.0. The summed E-state index contributed by atoms with van der Waals surface area (Å²) in [6.07, 6.45) is 6.67. The number of benzene rings is 1. The maximum atomic E-state index is 14.0. The molecule has 0 radical (unpaired) electrons. The second-order valence-electron chi connectivity index (χ2n) is 7.21. The lowest BCUT2D eigenvalue weighted by Gasteiger charge is -2.30. The van der Waals surface area contributed by atoms with Gasteiger partial charge in [-0.3, -0.25) is 9.21 Å². The first-order valence-corrected chi connectivity index (χ1v) is 11.4. The molecular formula is C19H27FN4O3S. The summed E-state index contributed by atoms with van der Waals surface area (Å²) in [5, 5.41) is 6.01. The molecule has 1 unspecified atom stereocenters. The molecule has 28 heavy (non-hydrogen) atoms. The largest absolute Gasteiger partial charge is 0.363 e. The number of amides is 2. The first kappa shape index (κ1) is 20.4. The number of nitrogens with zero attached hydrogens (tertiary/aromatic N) is 2. The van der Waals surface area contributed by atoms with Gasteiger partial charge in [-0.25, -0.2) is 17.6 Å². The van der Waals surface area contributed by atoms with E-state index in [1.807, 2.05) is 0 Å². The zero-order valence-electron chi connectivity index (χ0n) is 16.4. The van der Waals surface area contributed by atoms with Gasteiger partial charge in [0.15, 0.2) is 0 Å². The van der Waals surface area contributed by atoms with Crippen LogP contribution in [-0.4, -0.2) is 39.2 Å². The van der Waals surface area contributed by atoms with Crippen molar-refractivity contribution in [2.24, 2.45) is 5.92 Å². The van der Waals surface area contributed by atoms with Crippen LogP contribution in [0.4, 0.5) is 14.9 Å². The monoisotopic (exact) mass is 410 g/mol. The smallest absolute Gasteiger partial charge is 0.323 e. The molecule has 3 rings (SSSR count). The fourth-order valence-corrected chi connectivity index (χ4v) is 5.01. The molecule has 1 fully saturated rings.